The zero-order chi connectivity index (χ0) is 37.7. The number of rotatable bonds is 10. The molecule has 55 heavy (non-hydrogen) atoms. The number of benzene rings is 6. The number of thioether (sulfide) groups is 1. The van der Waals surface area contributed by atoms with Crippen LogP contribution in [0.5, 0.6) is 0 Å². The number of hydrogen-bond donors (Lipinski definition) is 2. The molecule has 1 aliphatic rings. The lowest BCUT2D eigenvalue weighted by Gasteiger charge is -2.36. The predicted octanol–water partition coefficient (Wildman–Crippen LogP) is 8.26. The molecule has 6 aromatic carbocycles. The van der Waals surface area contributed by atoms with Gasteiger partial charge in [0.25, 0.3) is 11.8 Å². The molecular weight excluding hydrogens is 705 g/mol. The summed E-state index contributed by atoms with van der Waals surface area (Å²) < 4.78 is 1.66. The molecule has 0 radical (unpaired) electrons. The number of para-hydroxylation sites is 3. The second-order valence-corrected chi connectivity index (χ2v) is 14.3. The van der Waals surface area contributed by atoms with E-state index in [1.165, 1.54) is 17.3 Å². The van der Waals surface area contributed by atoms with Gasteiger partial charge in [-0.2, -0.15) is 5.10 Å². The van der Waals surface area contributed by atoms with Gasteiger partial charge in [-0.05, 0) is 78.2 Å². The lowest BCUT2D eigenvalue weighted by atomic mass is 9.93. The first-order valence-corrected chi connectivity index (χ1v) is 19.1. The maximum Gasteiger partial charge on any atom is 0.283 e. The molecule has 1 aliphatic heterocycles. The molecule has 3 amide bonds. The molecule has 272 valence electrons. The molecule has 1 aromatic heterocycles. The summed E-state index contributed by atoms with van der Waals surface area (Å²) in [4.78, 5) is 47.3. The largest absolute Gasteiger partial charge is 0.330 e. The minimum absolute atomic E-state index is 0.196. The number of carbonyl (C=O) groups is 3. The SMILES string of the molecule is NC[C@@H]1Cc2ccccc2CN1C(=O)c1cc(NC(=O)CSc2ccccc2)ccc1-n1nc(C(=O)N(c2ccccc2)c2ccccc2)c2ccccc21. The summed E-state index contributed by atoms with van der Waals surface area (Å²) >= 11 is 1.43. The highest BCUT2D eigenvalue weighted by Gasteiger charge is 2.32. The van der Waals surface area contributed by atoms with E-state index in [2.05, 4.69) is 11.4 Å². The Morgan fingerprint density at radius 3 is 2.05 bits per heavy atom. The van der Waals surface area contributed by atoms with Gasteiger partial charge in [0.15, 0.2) is 5.69 Å². The lowest BCUT2D eigenvalue weighted by Crippen LogP contribution is -2.48. The number of nitrogens with two attached hydrogens (primary N) is 1. The number of nitrogens with zero attached hydrogens (tertiary/aromatic N) is 4. The maximum atomic E-state index is 14.9. The van der Waals surface area contributed by atoms with E-state index in [4.69, 9.17) is 10.8 Å². The van der Waals surface area contributed by atoms with E-state index < -0.39 is 0 Å². The van der Waals surface area contributed by atoms with Gasteiger partial charge in [0.1, 0.15) is 0 Å². The van der Waals surface area contributed by atoms with Crippen LogP contribution in [-0.2, 0) is 17.8 Å². The first kappa shape index (κ1) is 35.5. The Balaban J connectivity index is 1.22. The van der Waals surface area contributed by atoms with E-state index in [0.717, 1.165) is 10.5 Å². The quantitative estimate of drug-likeness (QED) is 0.137. The summed E-state index contributed by atoms with van der Waals surface area (Å²) in [5.41, 5.74) is 12.1. The number of fused-ring (bicyclic) bond motifs is 2. The summed E-state index contributed by atoms with van der Waals surface area (Å²) in [6, 6.07) is 49.2. The molecule has 3 N–H and O–H groups in total. The second kappa shape index (κ2) is 15.9. The highest BCUT2D eigenvalue weighted by Crippen LogP contribution is 2.33. The zero-order valence-corrected chi connectivity index (χ0v) is 30.7. The second-order valence-electron chi connectivity index (χ2n) is 13.3. The smallest absolute Gasteiger partial charge is 0.283 e. The highest BCUT2D eigenvalue weighted by molar-refractivity contribution is 8.00. The minimum atomic E-state index is -0.323. The Bertz CT molecular complexity index is 2450. The Morgan fingerprint density at radius 2 is 1.36 bits per heavy atom. The average molecular weight is 743 g/mol. The van der Waals surface area contributed by atoms with Gasteiger partial charge in [0.05, 0.1) is 22.5 Å². The Hall–Kier alpha value is -6.49. The van der Waals surface area contributed by atoms with Gasteiger partial charge in [-0.3, -0.25) is 19.3 Å². The number of nitrogens with one attached hydrogen (secondary N) is 1. The van der Waals surface area contributed by atoms with Crippen molar-refractivity contribution in [2.75, 3.05) is 22.5 Å². The van der Waals surface area contributed by atoms with Crippen molar-refractivity contribution in [1.82, 2.24) is 14.7 Å². The fourth-order valence-corrected chi connectivity index (χ4v) is 7.79. The van der Waals surface area contributed by atoms with Crippen molar-refractivity contribution in [3.8, 4) is 5.69 Å². The van der Waals surface area contributed by atoms with Gasteiger partial charge in [-0.1, -0.05) is 97.1 Å². The van der Waals surface area contributed by atoms with E-state index in [9.17, 15) is 14.4 Å². The van der Waals surface area contributed by atoms with Crippen LogP contribution in [0.2, 0.25) is 0 Å². The predicted molar refractivity (Wildman–Crippen MR) is 219 cm³/mol. The number of aromatic nitrogens is 2. The summed E-state index contributed by atoms with van der Waals surface area (Å²) in [6.45, 7) is 0.661. The Labute approximate surface area is 323 Å². The molecule has 0 aliphatic carbocycles. The average Bonchev–Trinajstić information content (AvgIpc) is 3.63. The van der Waals surface area contributed by atoms with Crippen molar-refractivity contribution >= 4 is 57.4 Å². The molecule has 7 aromatic rings. The number of anilines is 3. The standard InChI is InChI=1S/C45H38N6O3S/c46-28-36-26-31-14-10-11-15-32(31)29-49(36)44(53)39-27-33(47-42(52)30-55-37-20-8-3-9-21-37)24-25-41(39)51-40-23-13-12-22-38(40)43(48-51)45(54)50(34-16-4-1-5-17-34)35-18-6-2-7-19-35/h1-25,27,36H,26,28-30,46H2,(H,47,52)/t36-/m0/s1. The Morgan fingerprint density at radius 1 is 0.745 bits per heavy atom. The van der Waals surface area contributed by atoms with Crippen molar-refractivity contribution in [2.45, 2.75) is 23.9 Å². The monoisotopic (exact) mass is 742 g/mol. The van der Waals surface area contributed by atoms with Crippen molar-refractivity contribution in [3.63, 3.8) is 0 Å². The van der Waals surface area contributed by atoms with E-state index in [-0.39, 0.29) is 41.8 Å². The minimum Gasteiger partial charge on any atom is -0.330 e. The number of amides is 3. The number of hydrogen-bond acceptors (Lipinski definition) is 6. The lowest BCUT2D eigenvalue weighted by molar-refractivity contribution is -0.113. The van der Waals surface area contributed by atoms with Crippen LogP contribution in [0.3, 0.4) is 0 Å². The normalized spacial score (nSPS) is 13.6. The van der Waals surface area contributed by atoms with Crippen LogP contribution in [0.15, 0.2) is 163 Å². The van der Waals surface area contributed by atoms with Gasteiger partial charge in [0.2, 0.25) is 5.91 Å². The van der Waals surface area contributed by atoms with Crippen LogP contribution in [0.1, 0.15) is 32.0 Å². The van der Waals surface area contributed by atoms with Gasteiger partial charge >= 0.3 is 0 Å². The molecule has 1 atom stereocenters. The van der Waals surface area contributed by atoms with Gasteiger partial charge in [-0.25, -0.2) is 4.68 Å². The molecule has 0 saturated heterocycles. The van der Waals surface area contributed by atoms with Crippen LogP contribution in [-0.4, -0.2) is 50.7 Å². The molecule has 9 nitrogen and oxygen atoms in total. The highest BCUT2D eigenvalue weighted by atomic mass is 32.2. The summed E-state index contributed by atoms with van der Waals surface area (Å²) in [5.74, 6) is -0.582. The van der Waals surface area contributed by atoms with Crippen LogP contribution in [0.4, 0.5) is 17.1 Å². The van der Waals surface area contributed by atoms with E-state index in [1.54, 1.807) is 27.8 Å². The third-order valence-electron chi connectivity index (χ3n) is 9.76. The summed E-state index contributed by atoms with van der Waals surface area (Å²) in [6.07, 6.45) is 0.624. The summed E-state index contributed by atoms with van der Waals surface area (Å²) in [7, 11) is 0. The van der Waals surface area contributed by atoms with E-state index in [0.29, 0.717) is 52.2 Å². The van der Waals surface area contributed by atoms with E-state index in [1.807, 2.05) is 138 Å². The summed E-state index contributed by atoms with van der Waals surface area (Å²) in [5, 5.41) is 8.61. The fraction of sp³-hybridized carbons (Fsp3) is 0.111. The van der Waals surface area contributed by atoms with Crippen LogP contribution >= 0.6 is 11.8 Å². The van der Waals surface area contributed by atoms with Crippen molar-refractivity contribution in [3.05, 3.63) is 180 Å². The van der Waals surface area contributed by atoms with Crippen LogP contribution in [0, 0.1) is 0 Å². The molecule has 0 spiro atoms. The van der Waals surface area contributed by atoms with E-state index >= 15 is 0 Å². The third-order valence-corrected chi connectivity index (χ3v) is 10.8. The molecule has 0 fully saturated rings. The van der Waals surface area contributed by atoms with Gasteiger partial charge < -0.3 is 16.0 Å². The molecule has 8 rings (SSSR count). The van der Waals surface area contributed by atoms with Crippen LogP contribution < -0.4 is 16.0 Å². The molecule has 2 heterocycles. The topological polar surface area (TPSA) is 114 Å². The van der Waals surface area contributed by atoms with Crippen molar-refractivity contribution < 1.29 is 14.4 Å². The fourth-order valence-electron chi connectivity index (χ4n) is 7.07. The third kappa shape index (κ3) is 7.37. The van der Waals surface area contributed by atoms with Crippen molar-refractivity contribution in [1.29, 1.82) is 0 Å². The number of carbonyl (C=O) groups excluding carboxylic acids is 3. The molecule has 0 unspecified atom stereocenters. The van der Waals surface area contributed by atoms with Crippen molar-refractivity contribution in [2.24, 2.45) is 5.73 Å². The molecule has 10 heteroatoms. The first-order chi connectivity index (χ1) is 27.0. The maximum absolute atomic E-state index is 14.9. The molecule has 0 bridgehead atoms. The molecule has 0 saturated carbocycles. The molecular formula is C45H38N6O3S. The first-order valence-electron chi connectivity index (χ1n) is 18.1. The van der Waals surface area contributed by atoms with Crippen LogP contribution in [0.25, 0.3) is 16.6 Å². The van der Waals surface area contributed by atoms with Gasteiger partial charge in [-0.15, -0.1) is 11.8 Å². The zero-order valence-electron chi connectivity index (χ0n) is 29.9. The Kier molecular flexibility index (Phi) is 10.2. The van der Waals surface area contributed by atoms with Gasteiger partial charge in [0, 0.05) is 46.5 Å².